The van der Waals surface area contributed by atoms with Gasteiger partial charge in [0.05, 0.1) is 6.10 Å². The van der Waals surface area contributed by atoms with E-state index in [1.807, 2.05) is 30.3 Å². The largest absolute Gasteiger partial charge is 0.481 e. The van der Waals surface area contributed by atoms with Crippen LogP contribution in [0.1, 0.15) is 23.1 Å². The summed E-state index contributed by atoms with van der Waals surface area (Å²) in [6.45, 7) is 2.07. The van der Waals surface area contributed by atoms with Crippen molar-refractivity contribution < 1.29 is 23.8 Å². The van der Waals surface area contributed by atoms with Gasteiger partial charge in [0.15, 0.2) is 11.6 Å². The smallest absolute Gasteiger partial charge is 0.313 e. The van der Waals surface area contributed by atoms with Crippen molar-refractivity contribution in [3.63, 3.8) is 0 Å². The third-order valence-electron chi connectivity index (χ3n) is 5.40. The Morgan fingerprint density at radius 1 is 1.19 bits per heavy atom. The van der Waals surface area contributed by atoms with Crippen LogP contribution in [0.2, 0.25) is 0 Å². The summed E-state index contributed by atoms with van der Waals surface area (Å²) < 4.78 is 28.1. The number of carboxylic acid groups (broad SMARTS) is 1. The predicted molar refractivity (Wildman–Crippen MR) is 97.2 cm³/mol. The SMILES string of the molecule is Cc1ccc(CN2CC[C@H](O)[C@@](Cc3ccccc3)(C(=O)O)C2)c(F)c1F. The molecule has 0 aromatic heterocycles. The van der Waals surface area contributed by atoms with Crippen LogP contribution in [0.4, 0.5) is 8.78 Å². The van der Waals surface area contributed by atoms with Gasteiger partial charge in [-0.3, -0.25) is 9.69 Å². The Morgan fingerprint density at radius 3 is 2.56 bits per heavy atom. The highest BCUT2D eigenvalue weighted by atomic mass is 19.2. The van der Waals surface area contributed by atoms with E-state index in [1.54, 1.807) is 4.90 Å². The first-order valence-electron chi connectivity index (χ1n) is 8.95. The quantitative estimate of drug-likeness (QED) is 0.843. The average molecular weight is 375 g/mol. The number of aliphatic hydroxyl groups excluding tert-OH is 1. The molecule has 4 nitrogen and oxygen atoms in total. The summed E-state index contributed by atoms with van der Waals surface area (Å²) in [7, 11) is 0. The molecule has 3 rings (SSSR count). The molecule has 2 atom stereocenters. The first-order chi connectivity index (χ1) is 12.8. The van der Waals surface area contributed by atoms with Crippen LogP contribution in [-0.2, 0) is 17.8 Å². The monoisotopic (exact) mass is 375 g/mol. The van der Waals surface area contributed by atoms with E-state index < -0.39 is 29.1 Å². The molecule has 2 aromatic rings. The zero-order valence-corrected chi connectivity index (χ0v) is 15.2. The number of aliphatic hydroxyl groups is 1. The van der Waals surface area contributed by atoms with Crippen LogP contribution in [0.15, 0.2) is 42.5 Å². The molecule has 2 N–H and O–H groups in total. The summed E-state index contributed by atoms with van der Waals surface area (Å²) in [4.78, 5) is 13.9. The zero-order valence-electron chi connectivity index (χ0n) is 15.2. The molecule has 1 fully saturated rings. The molecule has 0 bridgehead atoms. The van der Waals surface area contributed by atoms with Crippen molar-refractivity contribution in [3.05, 3.63) is 70.8 Å². The second-order valence-corrected chi connectivity index (χ2v) is 7.31. The van der Waals surface area contributed by atoms with Crippen molar-refractivity contribution in [1.29, 1.82) is 0 Å². The Labute approximate surface area is 157 Å². The number of rotatable bonds is 5. The maximum atomic E-state index is 14.2. The summed E-state index contributed by atoms with van der Waals surface area (Å²) in [5.41, 5.74) is -0.157. The summed E-state index contributed by atoms with van der Waals surface area (Å²) in [6, 6.07) is 12.2. The lowest BCUT2D eigenvalue weighted by atomic mass is 9.72. The number of hydrogen-bond acceptors (Lipinski definition) is 3. The number of nitrogens with zero attached hydrogens (tertiary/aromatic N) is 1. The van der Waals surface area contributed by atoms with E-state index in [-0.39, 0.29) is 37.1 Å². The van der Waals surface area contributed by atoms with E-state index in [0.717, 1.165) is 5.56 Å². The van der Waals surface area contributed by atoms with Gasteiger partial charge in [-0.1, -0.05) is 42.5 Å². The molecule has 0 radical (unpaired) electrons. The normalized spacial score (nSPS) is 23.3. The number of benzene rings is 2. The average Bonchev–Trinajstić information content (AvgIpc) is 2.65. The molecular formula is C21H23F2NO3. The van der Waals surface area contributed by atoms with E-state index >= 15 is 0 Å². The third-order valence-corrected chi connectivity index (χ3v) is 5.40. The van der Waals surface area contributed by atoms with Crippen molar-refractivity contribution >= 4 is 5.97 Å². The Balaban J connectivity index is 1.85. The Kier molecular flexibility index (Phi) is 5.58. The first-order valence-corrected chi connectivity index (χ1v) is 8.95. The predicted octanol–water partition coefficient (Wildman–Crippen LogP) is 3.15. The molecule has 0 unspecified atom stereocenters. The number of hydrogen-bond donors (Lipinski definition) is 2. The van der Waals surface area contributed by atoms with Crippen molar-refractivity contribution in [3.8, 4) is 0 Å². The molecular weight excluding hydrogens is 352 g/mol. The number of aryl methyl sites for hydroxylation is 1. The summed E-state index contributed by atoms with van der Waals surface area (Å²) >= 11 is 0. The minimum atomic E-state index is -1.39. The van der Waals surface area contributed by atoms with Gasteiger partial charge in [-0.25, -0.2) is 8.78 Å². The minimum Gasteiger partial charge on any atom is -0.481 e. The number of piperidine rings is 1. The van der Waals surface area contributed by atoms with Gasteiger partial charge in [-0.05, 0) is 30.9 Å². The van der Waals surface area contributed by atoms with E-state index in [0.29, 0.717) is 6.54 Å². The van der Waals surface area contributed by atoms with E-state index in [1.165, 1.54) is 19.1 Å². The maximum absolute atomic E-state index is 14.2. The molecule has 1 heterocycles. The summed E-state index contributed by atoms with van der Waals surface area (Å²) in [5.74, 6) is -2.86. The van der Waals surface area contributed by atoms with E-state index in [4.69, 9.17) is 0 Å². The molecule has 0 aliphatic carbocycles. The number of likely N-dealkylation sites (tertiary alicyclic amines) is 1. The minimum absolute atomic E-state index is 0.0628. The molecule has 2 aromatic carbocycles. The van der Waals surface area contributed by atoms with Gasteiger partial charge in [0.1, 0.15) is 5.41 Å². The van der Waals surface area contributed by atoms with E-state index in [9.17, 15) is 23.8 Å². The topological polar surface area (TPSA) is 60.8 Å². The fraction of sp³-hybridized carbons (Fsp3) is 0.381. The summed E-state index contributed by atoms with van der Waals surface area (Å²) in [6.07, 6.45) is -0.577. The molecule has 27 heavy (non-hydrogen) atoms. The molecule has 1 aliphatic rings. The van der Waals surface area contributed by atoms with Crippen LogP contribution in [0.3, 0.4) is 0 Å². The third kappa shape index (κ3) is 3.87. The molecule has 1 saturated heterocycles. The molecule has 0 spiro atoms. The van der Waals surface area contributed by atoms with Crippen LogP contribution in [0, 0.1) is 24.0 Å². The fourth-order valence-corrected chi connectivity index (χ4v) is 3.77. The lowest BCUT2D eigenvalue weighted by Gasteiger charge is -2.43. The second kappa shape index (κ2) is 7.74. The van der Waals surface area contributed by atoms with Crippen molar-refractivity contribution in [2.75, 3.05) is 13.1 Å². The lowest BCUT2D eigenvalue weighted by molar-refractivity contribution is -0.163. The number of carboxylic acids is 1. The Bertz CT molecular complexity index is 828. The zero-order chi connectivity index (χ0) is 19.6. The fourth-order valence-electron chi connectivity index (χ4n) is 3.77. The first kappa shape index (κ1) is 19.5. The highest BCUT2D eigenvalue weighted by molar-refractivity contribution is 5.76. The second-order valence-electron chi connectivity index (χ2n) is 7.31. The Hall–Kier alpha value is -2.31. The maximum Gasteiger partial charge on any atom is 0.313 e. The molecule has 0 amide bonds. The van der Waals surface area contributed by atoms with Gasteiger partial charge in [0.25, 0.3) is 0 Å². The summed E-state index contributed by atoms with van der Waals surface area (Å²) in [5, 5.41) is 20.4. The lowest BCUT2D eigenvalue weighted by Crippen LogP contribution is -2.56. The highest BCUT2D eigenvalue weighted by Crippen LogP contribution is 2.35. The van der Waals surface area contributed by atoms with Crippen molar-refractivity contribution in [2.45, 2.75) is 32.4 Å². The molecule has 6 heteroatoms. The molecule has 144 valence electrons. The van der Waals surface area contributed by atoms with Gasteiger partial charge in [0, 0.05) is 25.2 Å². The van der Waals surface area contributed by atoms with Crippen molar-refractivity contribution in [2.24, 2.45) is 5.41 Å². The van der Waals surface area contributed by atoms with Gasteiger partial charge in [-0.15, -0.1) is 0 Å². The standard InChI is InChI=1S/C21H23F2NO3/c1-14-7-8-16(19(23)18(14)22)12-24-10-9-17(25)21(13-24,20(26)27)11-15-5-3-2-4-6-15/h2-8,17,25H,9-13H2,1H3,(H,26,27)/t17-,21-/m0/s1. The van der Waals surface area contributed by atoms with Gasteiger partial charge in [0.2, 0.25) is 0 Å². The van der Waals surface area contributed by atoms with Crippen LogP contribution < -0.4 is 0 Å². The Morgan fingerprint density at radius 2 is 1.89 bits per heavy atom. The van der Waals surface area contributed by atoms with Gasteiger partial charge in [-0.2, -0.15) is 0 Å². The van der Waals surface area contributed by atoms with Gasteiger partial charge >= 0.3 is 5.97 Å². The van der Waals surface area contributed by atoms with Crippen LogP contribution in [-0.4, -0.2) is 40.3 Å². The van der Waals surface area contributed by atoms with Crippen LogP contribution in [0.25, 0.3) is 0 Å². The van der Waals surface area contributed by atoms with Crippen LogP contribution in [0.5, 0.6) is 0 Å². The van der Waals surface area contributed by atoms with Gasteiger partial charge < -0.3 is 10.2 Å². The molecule has 1 aliphatic heterocycles. The van der Waals surface area contributed by atoms with Crippen LogP contribution >= 0.6 is 0 Å². The van der Waals surface area contributed by atoms with Crippen molar-refractivity contribution in [1.82, 2.24) is 4.90 Å². The number of carbonyl (C=O) groups is 1. The molecule has 0 saturated carbocycles. The van der Waals surface area contributed by atoms with E-state index in [2.05, 4.69) is 0 Å². The highest BCUT2D eigenvalue weighted by Gasteiger charge is 2.49. The number of aliphatic carboxylic acids is 1. The number of halogens is 2.